The molecule has 0 radical (unpaired) electrons. The lowest BCUT2D eigenvalue weighted by atomic mass is 10.0. The van der Waals surface area contributed by atoms with Gasteiger partial charge in [0, 0.05) is 24.8 Å². The van der Waals surface area contributed by atoms with Gasteiger partial charge in [0.2, 0.25) is 0 Å². The van der Waals surface area contributed by atoms with Crippen LogP contribution in [0, 0.1) is 5.92 Å². The highest BCUT2D eigenvalue weighted by atomic mass is 16.4. The fourth-order valence-electron chi connectivity index (χ4n) is 1.92. The molecule has 0 aliphatic heterocycles. The molecule has 0 aliphatic carbocycles. The number of carbonyl (C=O) groups excluding carboxylic acids is 1. The minimum absolute atomic E-state index is 0.106. The van der Waals surface area contributed by atoms with Gasteiger partial charge in [-0.2, -0.15) is 0 Å². The fourth-order valence-corrected chi connectivity index (χ4v) is 1.92. The number of rotatable bonds is 5. The van der Waals surface area contributed by atoms with Gasteiger partial charge in [-0.1, -0.05) is 13.8 Å². The Hall–Kier alpha value is -1.91. The second kappa shape index (κ2) is 6.31. The molecule has 1 aromatic heterocycles. The minimum atomic E-state index is -1.13. The number of carboxylic acids is 1. The lowest BCUT2D eigenvalue weighted by Gasteiger charge is -2.26. The first kappa shape index (κ1) is 15.1. The van der Waals surface area contributed by atoms with Crippen molar-refractivity contribution in [2.45, 2.75) is 33.2 Å². The number of aromatic carboxylic acids is 1. The van der Waals surface area contributed by atoms with E-state index in [4.69, 9.17) is 5.11 Å². The summed E-state index contributed by atoms with van der Waals surface area (Å²) < 4.78 is 0. The van der Waals surface area contributed by atoms with Crippen LogP contribution in [0.2, 0.25) is 0 Å². The summed E-state index contributed by atoms with van der Waals surface area (Å²) in [5.41, 5.74) is 0.237. The van der Waals surface area contributed by atoms with Crippen LogP contribution in [0.1, 0.15) is 48.0 Å². The number of nitrogens with zero attached hydrogens (tertiary/aromatic N) is 2. The van der Waals surface area contributed by atoms with Crippen LogP contribution in [0.5, 0.6) is 0 Å². The number of hydrogen-bond acceptors (Lipinski definition) is 3. The van der Waals surface area contributed by atoms with Crippen molar-refractivity contribution in [3.05, 3.63) is 29.6 Å². The maximum atomic E-state index is 12.2. The smallest absolute Gasteiger partial charge is 0.354 e. The normalized spacial score (nSPS) is 12.3. The van der Waals surface area contributed by atoms with E-state index in [1.807, 2.05) is 6.92 Å². The Kier molecular flexibility index (Phi) is 5.03. The Bertz CT molecular complexity index is 472. The third-order valence-electron chi connectivity index (χ3n) is 3.02. The van der Waals surface area contributed by atoms with E-state index in [0.29, 0.717) is 11.5 Å². The van der Waals surface area contributed by atoms with Gasteiger partial charge in [0.25, 0.3) is 5.91 Å². The molecular formula is C14H20N2O3. The molecule has 0 aliphatic rings. The Balaban J connectivity index is 2.87. The highest BCUT2D eigenvalue weighted by molar-refractivity contribution is 5.96. The first-order valence-electron chi connectivity index (χ1n) is 6.29. The first-order valence-corrected chi connectivity index (χ1v) is 6.29. The van der Waals surface area contributed by atoms with Gasteiger partial charge in [-0.05, 0) is 31.4 Å². The monoisotopic (exact) mass is 264 g/mol. The second-order valence-corrected chi connectivity index (χ2v) is 5.13. The van der Waals surface area contributed by atoms with Crippen LogP contribution in [-0.2, 0) is 0 Å². The molecule has 0 aromatic carbocycles. The van der Waals surface area contributed by atoms with Crippen LogP contribution < -0.4 is 0 Å². The third-order valence-corrected chi connectivity index (χ3v) is 3.02. The van der Waals surface area contributed by atoms with Crippen LogP contribution in [0.4, 0.5) is 0 Å². The molecule has 104 valence electrons. The van der Waals surface area contributed by atoms with Gasteiger partial charge in [-0.3, -0.25) is 4.79 Å². The molecule has 5 nitrogen and oxygen atoms in total. The molecule has 1 atom stereocenters. The van der Waals surface area contributed by atoms with E-state index < -0.39 is 5.97 Å². The van der Waals surface area contributed by atoms with Crippen LogP contribution in [0.15, 0.2) is 18.3 Å². The van der Waals surface area contributed by atoms with Gasteiger partial charge in [-0.15, -0.1) is 0 Å². The molecule has 19 heavy (non-hydrogen) atoms. The van der Waals surface area contributed by atoms with Gasteiger partial charge in [0.05, 0.1) is 0 Å². The summed E-state index contributed by atoms with van der Waals surface area (Å²) in [6.07, 6.45) is 2.25. The Morgan fingerprint density at radius 3 is 2.53 bits per heavy atom. The van der Waals surface area contributed by atoms with E-state index in [0.717, 1.165) is 6.42 Å². The van der Waals surface area contributed by atoms with Crippen molar-refractivity contribution in [2.24, 2.45) is 5.92 Å². The number of amides is 1. The molecule has 1 unspecified atom stereocenters. The zero-order valence-electron chi connectivity index (χ0n) is 11.8. The molecule has 1 N–H and O–H groups in total. The summed E-state index contributed by atoms with van der Waals surface area (Å²) in [5, 5.41) is 8.87. The number of carbonyl (C=O) groups is 2. The zero-order chi connectivity index (χ0) is 14.6. The van der Waals surface area contributed by atoms with Crippen molar-refractivity contribution >= 4 is 11.9 Å². The van der Waals surface area contributed by atoms with Crippen molar-refractivity contribution in [1.29, 1.82) is 0 Å². The maximum Gasteiger partial charge on any atom is 0.354 e. The van der Waals surface area contributed by atoms with E-state index in [1.54, 1.807) is 11.9 Å². The molecule has 0 bridgehead atoms. The highest BCUT2D eigenvalue weighted by Gasteiger charge is 2.19. The van der Waals surface area contributed by atoms with Gasteiger partial charge in [0.1, 0.15) is 5.69 Å². The number of hydrogen-bond donors (Lipinski definition) is 1. The van der Waals surface area contributed by atoms with Crippen molar-refractivity contribution < 1.29 is 14.7 Å². The fraction of sp³-hybridized carbons (Fsp3) is 0.500. The van der Waals surface area contributed by atoms with E-state index >= 15 is 0 Å². The van der Waals surface area contributed by atoms with Crippen LogP contribution in [0.25, 0.3) is 0 Å². The third kappa shape index (κ3) is 4.05. The Labute approximate surface area is 113 Å². The summed E-state index contributed by atoms with van der Waals surface area (Å²) in [5.74, 6) is -0.817. The average molecular weight is 264 g/mol. The maximum absolute atomic E-state index is 12.2. The average Bonchev–Trinajstić information content (AvgIpc) is 2.36. The molecular weight excluding hydrogens is 244 g/mol. The second-order valence-electron chi connectivity index (χ2n) is 5.13. The first-order chi connectivity index (χ1) is 8.82. The highest BCUT2D eigenvalue weighted by Crippen LogP contribution is 2.13. The van der Waals surface area contributed by atoms with E-state index in [9.17, 15) is 9.59 Å². The van der Waals surface area contributed by atoms with Crippen molar-refractivity contribution in [1.82, 2.24) is 9.88 Å². The lowest BCUT2D eigenvalue weighted by molar-refractivity contribution is 0.0690. The van der Waals surface area contributed by atoms with Crippen LogP contribution in [0.3, 0.4) is 0 Å². The standard InChI is InChI=1S/C14H20N2O3/c1-9(2)7-10(3)16(4)13(17)11-5-6-15-12(8-11)14(18)19/h5-6,8-10H,7H2,1-4H3,(H,18,19). The van der Waals surface area contributed by atoms with E-state index in [1.165, 1.54) is 18.3 Å². The van der Waals surface area contributed by atoms with Gasteiger partial charge < -0.3 is 10.0 Å². The topological polar surface area (TPSA) is 70.5 Å². The molecule has 0 saturated carbocycles. The molecule has 0 saturated heterocycles. The molecule has 0 spiro atoms. The molecule has 1 aromatic rings. The van der Waals surface area contributed by atoms with Crippen LogP contribution >= 0.6 is 0 Å². The van der Waals surface area contributed by atoms with E-state index in [-0.39, 0.29) is 17.6 Å². The molecule has 1 heterocycles. The molecule has 1 amide bonds. The van der Waals surface area contributed by atoms with E-state index in [2.05, 4.69) is 18.8 Å². The zero-order valence-corrected chi connectivity index (χ0v) is 11.8. The van der Waals surface area contributed by atoms with Gasteiger partial charge >= 0.3 is 5.97 Å². The number of carboxylic acid groups (broad SMARTS) is 1. The largest absolute Gasteiger partial charge is 0.477 e. The van der Waals surface area contributed by atoms with Crippen molar-refractivity contribution in [3.63, 3.8) is 0 Å². The lowest BCUT2D eigenvalue weighted by Crippen LogP contribution is -2.36. The molecule has 1 rings (SSSR count). The summed E-state index contributed by atoms with van der Waals surface area (Å²) in [4.78, 5) is 28.4. The Morgan fingerprint density at radius 2 is 2.00 bits per heavy atom. The summed E-state index contributed by atoms with van der Waals surface area (Å²) in [7, 11) is 1.73. The molecule has 5 heteroatoms. The Morgan fingerprint density at radius 1 is 1.37 bits per heavy atom. The summed E-state index contributed by atoms with van der Waals surface area (Å²) >= 11 is 0. The predicted octanol–water partition coefficient (Wildman–Crippen LogP) is 2.29. The quantitative estimate of drug-likeness (QED) is 0.885. The number of aromatic nitrogens is 1. The molecule has 0 fully saturated rings. The minimum Gasteiger partial charge on any atom is -0.477 e. The SMILES string of the molecule is CC(C)CC(C)N(C)C(=O)c1ccnc(C(=O)O)c1. The summed E-state index contributed by atoms with van der Waals surface area (Å²) in [6, 6.07) is 2.95. The van der Waals surface area contributed by atoms with Gasteiger partial charge in [0.15, 0.2) is 0 Å². The van der Waals surface area contributed by atoms with Crippen molar-refractivity contribution in [3.8, 4) is 0 Å². The summed E-state index contributed by atoms with van der Waals surface area (Å²) in [6.45, 7) is 6.19. The van der Waals surface area contributed by atoms with Crippen LogP contribution in [-0.4, -0.2) is 40.0 Å². The predicted molar refractivity (Wildman–Crippen MR) is 72.2 cm³/mol. The van der Waals surface area contributed by atoms with Crippen molar-refractivity contribution in [2.75, 3.05) is 7.05 Å². The van der Waals surface area contributed by atoms with Gasteiger partial charge in [-0.25, -0.2) is 9.78 Å². The number of pyridine rings is 1.